The summed E-state index contributed by atoms with van der Waals surface area (Å²) in [4.78, 5) is 23.5. The van der Waals surface area contributed by atoms with Gasteiger partial charge in [0, 0.05) is 17.4 Å². The van der Waals surface area contributed by atoms with Gasteiger partial charge in [-0.05, 0) is 24.3 Å². The number of ether oxygens (including phenoxy) is 2. The van der Waals surface area contributed by atoms with Crippen molar-refractivity contribution in [3.05, 3.63) is 48.5 Å². The second-order valence-corrected chi connectivity index (χ2v) is 4.79. The number of hydrogen-bond acceptors (Lipinski definition) is 4. The number of urea groups is 1. The minimum atomic E-state index is -0.447. The van der Waals surface area contributed by atoms with E-state index in [1.54, 1.807) is 30.3 Å². The first-order valence-electron chi connectivity index (χ1n) is 7.00. The lowest BCUT2D eigenvalue weighted by atomic mass is 10.3. The smallest absolute Gasteiger partial charge is 0.319 e. The molecule has 3 rings (SSSR count). The van der Waals surface area contributed by atoms with Crippen LogP contribution in [0, 0.1) is 0 Å². The predicted octanol–water partition coefficient (Wildman–Crippen LogP) is 2.18. The van der Waals surface area contributed by atoms with Crippen molar-refractivity contribution in [2.45, 2.75) is 0 Å². The van der Waals surface area contributed by atoms with Crippen LogP contribution in [0.3, 0.4) is 0 Å². The molecule has 2 aromatic carbocycles. The number of fused-ring (bicyclic) bond motifs is 1. The van der Waals surface area contributed by atoms with Gasteiger partial charge in [-0.25, -0.2) is 4.79 Å². The SMILES string of the molecule is O=C(CNC(=O)Nc1ccccc1)Nc1ccc2c(c1)OCO2. The molecule has 3 amide bonds. The van der Waals surface area contributed by atoms with Crippen molar-refractivity contribution >= 4 is 23.3 Å². The van der Waals surface area contributed by atoms with Gasteiger partial charge in [-0.2, -0.15) is 0 Å². The van der Waals surface area contributed by atoms with Gasteiger partial charge in [-0.3, -0.25) is 4.79 Å². The van der Waals surface area contributed by atoms with Gasteiger partial charge in [0.25, 0.3) is 0 Å². The third kappa shape index (κ3) is 3.91. The highest BCUT2D eigenvalue weighted by molar-refractivity contribution is 5.97. The summed E-state index contributed by atoms with van der Waals surface area (Å²) in [6.07, 6.45) is 0. The van der Waals surface area contributed by atoms with Gasteiger partial charge in [0.2, 0.25) is 12.7 Å². The average Bonchev–Trinajstić information content (AvgIpc) is 3.01. The van der Waals surface area contributed by atoms with Gasteiger partial charge in [0.05, 0.1) is 6.54 Å². The molecular formula is C16H15N3O4. The van der Waals surface area contributed by atoms with Crippen molar-refractivity contribution < 1.29 is 19.1 Å². The Morgan fingerprint density at radius 3 is 2.52 bits per heavy atom. The summed E-state index contributed by atoms with van der Waals surface area (Å²) >= 11 is 0. The minimum absolute atomic E-state index is 0.146. The fourth-order valence-electron chi connectivity index (χ4n) is 2.04. The van der Waals surface area contributed by atoms with Crippen LogP contribution in [0.2, 0.25) is 0 Å². The zero-order valence-corrected chi connectivity index (χ0v) is 12.2. The molecule has 3 N–H and O–H groups in total. The zero-order valence-electron chi connectivity index (χ0n) is 12.2. The highest BCUT2D eigenvalue weighted by Crippen LogP contribution is 2.34. The number of rotatable bonds is 4. The molecule has 1 aliphatic heterocycles. The summed E-state index contributed by atoms with van der Waals surface area (Å²) < 4.78 is 10.4. The first-order valence-corrected chi connectivity index (χ1v) is 7.00. The highest BCUT2D eigenvalue weighted by Gasteiger charge is 2.14. The van der Waals surface area contributed by atoms with Crippen molar-refractivity contribution in [2.24, 2.45) is 0 Å². The molecule has 0 saturated carbocycles. The quantitative estimate of drug-likeness (QED) is 0.807. The molecule has 1 heterocycles. The Hall–Kier alpha value is -3.22. The maximum atomic E-state index is 11.8. The molecule has 0 atom stereocenters. The van der Waals surface area contributed by atoms with E-state index in [2.05, 4.69) is 16.0 Å². The van der Waals surface area contributed by atoms with Gasteiger partial charge >= 0.3 is 6.03 Å². The lowest BCUT2D eigenvalue weighted by Gasteiger charge is -2.08. The van der Waals surface area contributed by atoms with Crippen LogP contribution in [-0.2, 0) is 4.79 Å². The van der Waals surface area contributed by atoms with Crippen LogP contribution in [0.5, 0.6) is 11.5 Å². The van der Waals surface area contributed by atoms with Crippen molar-refractivity contribution in [1.82, 2.24) is 5.32 Å². The Morgan fingerprint density at radius 2 is 1.70 bits per heavy atom. The third-order valence-corrected chi connectivity index (χ3v) is 3.10. The van der Waals surface area contributed by atoms with Crippen LogP contribution in [0.4, 0.5) is 16.2 Å². The summed E-state index contributed by atoms with van der Waals surface area (Å²) in [5.41, 5.74) is 1.23. The summed E-state index contributed by atoms with van der Waals surface area (Å²) in [5.74, 6) is 0.882. The Bertz CT molecular complexity index is 719. The molecule has 0 bridgehead atoms. The number of para-hydroxylation sites is 1. The second-order valence-electron chi connectivity index (χ2n) is 4.79. The molecule has 0 saturated heterocycles. The monoisotopic (exact) mass is 313 g/mol. The number of carbonyl (C=O) groups excluding carboxylic acids is 2. The van der Waals surface area contributed by atoms with Crippen molar-refractivity contribution in [2.75, 3.05) is 24.0 Å². The molecule has 2 aromatic rings. The summed E-state index contributed by atoms with van der Waals surface area (Å²) in [7, 11) is 0. The Kier molecular flexibility index (Phi) is 4.28. The average molecular weight is 313 g/mol. The third-order valence-electron chi connectivity index (χ3n) is 3.10. The standard InChI is InChI=1S/C16H15N3O4/c20-15(9-17-16(21)19-11-4-2-1-3-5-11)18-12-6-7-13-14(8-12)23-10-22-13/h1-8H,9-10H2,(H,18,20)(H2,17,19,21). The maximum Gasteiger partial charge on any atom is 0.319 e. The molecule has 0 fully saturated rings. The van der Waals surface area contributed by atoms with Crippen LogP contribution in [0.1, 0.15) is 0 Å². The van der Waals surface area contributed by atoms with Crippen LogP contribution in [0.25, 0.3) is 0 Å². The van der Waals surface area contributed by atoms with E-state index in [4.69, 9.17) is 9.47 Å². The van der Waals surface area contributed by atoms with Crippen LogP contribution in [-0.4, -0.2) is 25.3 Å². The van der Waals surface area contributed by atoms with Crippen LogP contribution < -0.4 is 25.4 Å². The molecule has 1 aliphatic rings. The van der Waals surface area contributed by atoms with E-state index in [0.717, 1.165) is 0 Å². The molecule has 0 aromatic heterocycles. The number of hydrogen-bond donors (Lipinski definition) is 3. The summed E-state index contributed by atoms with van der Waals surface area (Å²) in [6, 6.07) is 13.6. The van der Waals surface area contributed by atoms with E-state index < -0.39 is 6.03 Å². The van der Waals surface area contributed by atoms with E-state index >= 15 is 0 Å². The van der Waals surface area contributed by atoms with Crippen LogP contribution in [0.15, 0.2) is 48.5 Å². The van der Waals surface area contributed by atoms with Gasteiger partial charge in [0.1, 0.15) is 0 Å². The fraction of sp³-hybridized carbons (Fsp3) is 0.125. The summed E-state index contributed by atoms with van der Waals surface area (Å²) in [5, 5.41) is 7.79. The van der Waals surface area contributed by atoms with E-state index in [1.165, 1.54) is 0 Å². The topological polar surface area (TPSA) is 88.7 Å². The maximum absolute atomic E-state index is 11.8. The normalized spacial score (nSPS) is 11.7. The molecular weight excluding hydrogens is 298 g/mol. The molecule has 0 spiro atoms. The second kappa shape index (κ2) is 6.69. The minimum Gasteiger partial charge on any atom is -0.454 e. The van der Waals surface area contributed by atoms with Gasteiger partial charge in [0.15, 0.2) is 11.5 Å². The molecule has 23 heavy (non-hydrogen) atoms. The van der Waals surface area contributed by atoms with E-state index in [9.17, 15) is 9.59 Å². The van der Waals surface area contributed by atoms with Crippen molar-refractivity contribution in [1.29, 1.82) is 0 Å². The Balaban J connectivity index is 1.47. The van der Waals surface area contributed by atoms with Gasteiger partial charge in [-0.15, -0.1) is 0 Å². The molecule has 118 valence electrons. The number of nitrogens with one attached hydrogen (secondary N) is 3. The van der Waals surface area contributed by atoms with Crippen molar-refractivity contribution in [3.63, 3.8) is 0 Å². The number of carbonyl (C=O) groups is 2. The van der Waals surface area contributed by atoms with Crippen molar-refractivity contribution in [3.8, 4) is 11.5 Å². The Morgan fingerprint density at radius 1 is 0.913 bits per heavy atom. The van der Waals surface area contributed by atoms with Gasteiger partial charge in [-0.1, -0.05) is 18.2 Å². The molecule has 0 aliphatic carbocycles. The molecule has 7 nitrogen and oxygen atoms in total. The Labute approximate surface area is 132 Å². The highest BCUT2D eigenvalue weighted by atomic mass is 16.7. The van der Waals surface area contributed by atoms with E-state index in [-0.39, 0.29) is 19.2 Å². The molecule has 7 heteroatoms. The predicted molar refractivity (Wildman–Crippen MR) is 84.7 cm³/mol. The fourth-order valence-corrected chi connectivity index (χ4v) is 2.04. The number of benzene rings is 2. The lowest BCUT2D eigenvalue weighted by molar-refractivity contribution is -0.115. The number of amides is 3. The zero-order chi connectivity index (χ0) is 16.1. The number of anilines is 2. The first kappa shape index (κ1) is 14.7. The molecule has 0 radical (unpaired) electrons. The molecule has 0 unspecified atom stereocenters. The lowest BCUT2D eigenvalue weighted by Crippen LogP contribution is -2.35. The van der Waals surface area contributed by atoms with E-state index in [1.807, 2.05) is 18.2 Å². The van der Waals surface area contributed by atoms with E-state index in [0.29, 0.717) is 22.9 Å². The van der Waals surface area contributed by atoms with Crippen LogP contribution >= 0.6 is 0 Å². The first-order chi connectivity index (χ1) is 11.2. The van der Waals surface area contributed by atoms with Gasteiger partial charge < -0.3 is 25.4 Å². The largest absolute Gasteiger partial charge is 0.454 e. The summed E-state index contributed by atoms with van der Waals surface area (Å²) in [6.45, 7) is 0.0288.